The van der Waals surface area contributed by atoms with Crippen LogP contribution < -0.4 is 10.7 Å². The van der Waals surface area contributed by atoms with Gasteiger partial charge < -0.3 is 19.9 Å². The van der Waals surface area contributed by atoms with Crippen molar-refractivity contribution in [3.63, 3.8) is 0 Å². The summed E-state index contributed by atoms with van der Waals surface area (Å²) in [4.78, 5) is 39.3. The van der Waals surface area contributed by atoms with E-state index in [1.165, 1.54) is 22.6 Å². The van der Waals surface area contributed by atoms with Gasteiger partial charge in [-0.3, -0.25) is 14.4 Å². The number of aryl methyl sites for hydroxylation is 1. The summed E-state index contributed by atoms with van der Waals surface area (Å²) in [5, 5.41) is 12.7. The van der Waals surface area contributed by atoms with E-state index in [9.17, 15) is 28.3 Å². The zero-order valence-corrected chi connectivity index (χ0v) is 16.1. The zero-order valence-electron chi connectivity index (χ0n) is 16.1. The van der Waals surface area contributed by atoms with Gasteiger partial charge in [0, 0.05) is 31.4 Å². The van der Waals surface area contributed by atoms with E-state index < -0.39 is 46.7 Å². The summed E-state index contributed by atoms with van der Waals surface area (Å²) in [6.45, 7) is 1.81. The Balaban J connectivity index is 1.67. The number of carbonyl (C=O) groups excluding carboxylic acids is 2. The molecule has 0 radical (unpaired) electrons. The fourth-order valence-corrected chi connectivity index (χ4v) is 3.82. The molecule has 156 valence electrons. The summed E-state index contributed by atoms with van der Waals surface area (Å²) in [5.41, 5.74) is -1.51. The Morgan fingerprint density at radius 2 is 1.93 bits per heavy atom. The Morgan fingerprint density at radius 1 is 1.23 bits per heavy atom. The molecule has 2 amide bonds. The first kappa shape index (κ1) is 19.8. The van der Waals surface area contributed by atoms with E-state index >= 15 is 0 Å². The monoisotopic (exact) mass is 415 g/mol. The third-order valence-electron chi connectivity index (χ3n) is 5.38. The summed E-state index contributed by atoms with van der Waals surface area (Å²) >= 11 is 0. The van der Waals surface area contributed by atoms with Gasteiger partial charge in [0.1, 0.15) is 17.2 Å². The number of nitrogens with zero attached hydrogens (tertiary/aromatic N) is 2. The molecule has 0 saturated carbocycles. The molecule has 30 heavy (non-hydrogen) atoms. The van der Waals surface area contributed by atoms with Gasteiger partial charge in [-0.15, -0.1) is 0 Å². The molecule has 1 aromatic heterocycles. The Morgan fingerprint density at radius 3 is 2.63 bits per heavy atom. The lowest BCUT2D eigenvalue weighted by Crippen LogP contribution is -2.44. The van der Waals surface area contributed by atoms with E-state index in [1.54, 1.807) is 0 Å². The second kappa shape index (κ2) is 7.40. The summed E-state index contributed by atoms with van der Waals surface area (Å²) in [5.74, 6) is -3.83. The van der Waals surface area contributed by atoms with Gasteiger partial charge in [0.25, 0.3) is 11.8 Å². The minimum absolute atomic E-state index is 0.160. The summed E-state index contributed by atoms with van der Waals surface area (Å²) in [6.07, 6.45) is 5.51. The summed E-state index contributed by atoms with van der Waals surface area (Å²) in [7, 11) is 0. The van der Waals surface area contributed by atoms with E-state index in [4.69, 9.17) is 0 Å². The summed E-state index contributed by atoms with van der Waals surface area (Å²) in [6, 6.07) is 2.03. The van der Waals surface area contributed by atoms with Gasteiger partial charge >= 0.3 is 0 Å². The number of nitrogens with one attached hydrogen (secondary N) is 1. The number of benzene rings is 1. The van der Waals surface area contributed by atoms with Crippen LogP contribution in [0.4, 0.5) is 8.78 Å². The van der Waals surface area contributed by atoms with Gasteiger partial charge in [-0.25, -0.2) is 8.78 Å². The molecule has 0 spiro atoms. The van der Waals surface area contributed by atoms with Crippen molar-refractivity contribution < 1.29 is 23.5 Å². The number of allylic oxidation sites excluding steroid dienone is 1. The lowest BCUT2D eigenvalue weighted by molar-refractivity contribution is 0.0688. The molecule has 3 heterocycles. The minimum atomic E-state index is -1.01. The lowest BCUT2D eigenvalue weighted by Gasteiger charge is -2.34. The SMILES string of the molecule is Cc1cc(F)c(CNC(=O)c2cn3c(c(O)c2=O)C(=O)N2CC=CCC3C2)c(F)c1. The van der Waals surface area contributed by atoms with E-state index in [2.05, 4.69) is 5.32 Å². The first-order valence-corrected chi connectivity index (χ1v) is 9.43. The molecule has 1 unspecified atom stereocenters. The van der Waals surface area contributed by atoms with Crippen molar-refractivity contribution >= 4 is 11.8 Å². The number of carbonyl (C=O) groups is 2. The number of hydrogen-bond donors (Lipinski definition) is 2. The molecule has 7 nitrogen and oxygen atoms in total. The smallest absolute Gasteiger partial charge is 0.274 e. The third-order valence-corrected chi connectivity index (χ3v) is 5.38. The Bertz CT molecular complexity index is 1130. The molecule has 2 bridgehead atoms. The molecule has 4 rings (SSSR count). The number of hydrogen-bond acceptors (Lipinski definition) is 4. The van der Waals surface area contributed by atoms with Gasteiger partial charge in [0.05, 0.1) is 6.04 Å². The fourth-order valence-electron chi connectivity index (χ4n) is 3.82. The Kier molecular flexibility index (Phi) is 4.89. The van der Waals surface area contributed by atoms with Gasteiger partial charge in [-0.2, -0.15) is 0 Å². The number of rotatable bonds is 3. The standard InChI is InChI=1S/C21H19F2N3O4/c1-11-6-15(22)13(16(23)7-11)8-24-20(29)14-10-26-12-4-2-3-5-25(9-12)21(30)17(26)19(28)18(14)27/h2-3,6-7,10,12,28H,4-5,8-9H2,1H3,(H,24,29). The molecule has 2 N–H and O–H groups in total. The highest BCUT2D eigenvalue weighted by Crippen LogP contribution is 2.30. The van der Waals surface area contributed by atoms with Crippen molar-refractivity contribution in [2.75, 3.05) is 13.1 Å². The maximum Gasteiger partial charge on any atom is 0.274 e. The normalized spacial score (nSPS) is 17.5. The van der Waals surface area contributed by atoms with Crippen molar-refractivity contribution in [3.05, 3.63) is 74.7 Å². The Labute approximate surface area is 170 Å². The lowest BCUT2D eigenvalue weighted by atomic mass is 10.1. The van der Waals surface area contributed by atoms with Crippen LogP contribution in [0, 0.1) is 18.6 Å². The molecule has 0 saturated heterocycles. The number of amides is 2. The number of aromatic nitrogens is 1. The number of aromatic hydroxyl groups is 1. The van der Waals surface area contributed by atoms with Crippen LogP contribution in [0.2, 0.25) is 0 Å². The maximum absolute atomic E-state index is 14.0. The van der Waals surface area contributed by atoms with Crippen LogP contribution in [-0.4, -0.2) is 39.5 Å². The second-order valence-corrected chi connectivity index (χ2v) is 7.44. The predicted molar refractivity (Wildman–Crippen MR) is 103 cm³/mol. The van der Waals surface area contributed by atoms with Crippen molar-refractivity contribution in [1.82, 2.24) is 14.8 Å². The van der Waals surface area contributed by atoms with Crippen LogP contribution in [0.15, 0.2) is 35.3 Å². The van der Waals surface area contributed by atoms with E-state index in [0.29, 0.717) is 25.1 Å². The van der Waals surface area contributed by atoms with Crippen LogP contribution in [0.25, 0.3) is 0 Å². The highest BCUT2D eigenvalue weighted by atomic mass is 19.1. The highest BCUT2D eigenvalue weighted by molar-refractivity contribution is 5.99. The van der Waals surface area contributed by atoms with Crippen molar-refractivity contribution in [3.8, 4) is 5.75 Å². The molecule has 0 aliphatic carbocycles. The van der Waals surface area contributed by atoms with E-state index in [0.717, 1.165) is 12.1 Å². The van der Waals surface area contributed by atoms with Crippen molar-refractivity contribution in [1.29, 1.82) is 0 Å². The third kappa shape index (κ3) is 3.26. The van der Waals surface area contributed by atoms with Crippen molar-refractivity contribution in [2.45, 2.75) is 25.9 Å². The van der Waals surface area contributed by atoms with Crippen LogP contribution in [0.1, 0.15) is 44.4 Å². The first-order chi connectivity index (χ1) is 14.3. The number of pyridine rings is 1. The number of fused-ring (bicyclic) bond motifs is 4. The molecule has 0 fully saturated rings. The predicted octanol–water partition coefficient (Wildman–Crippen LogP) is 2.03. The van der Waals surface area contributed by atoms with Crippen molar-refractivity contribution in [2.24, 2.45) is 0 Å². The average Bonchev–Trinajstić information content (AvgIpc) is 2.91. The molecule has 1 atom stereocenters. The van der Waals surface area contributed by atoms with Crippen LogP contribution in [-0.2, 0) is 6.54 Å². The topological polar surface area (TPSA) is 91.6 Å². The minimum Gasteiger partial charge on any atom is -0.503 e. The van der Waals surface area contributed by atoms with Crippen LogP contribution in [0.5, 0.6) is 5.75 Å². The second-order valence-electron chi connectivity index (χ2n) is 7.44. The van der Waals surface area contributed by atoms with Crippen LogP contribution >= 0.6 is 0 Å². The fraction of sp³-hybridized carbons (Fsp3) is 0.286. The van der Waals surface area contributed by atoms with Gasteiger partial charge in [0.15, 0.2) is 11.4 Å². The molecule has 2 aromatic rings. The van der Waals surface area contributed by atoms with E-state index in [1.807, 2.05) is 12.2 Å². The first-order valence-electron chi connectivity index (χ1n) is 9.43. The highest BCUT2D eigenvalue weighted by Gasteiger charge is 2.35. The Hall–Kier alpha value is -3.49. The molecular formula is C21H19F2N3O4. The van der Waals surface area contributed by atoms with Crippen LogP contribution in [0.3, 0.4) is 0 Å². The average molecular weight is 415 g/mol. The summed E-state index contributed by atoms with van der Waals surface area (Å²) < 4.78 is 29.5. The zero-order chi connectivity index (χ0) is 21.6. The van der Waals surface area contributed by atoms with Gasteiger partial charge in [-0.05, 0) is 31.0 Å². The number of halogens is 2. The molecule has 2 aliphatic heterocycles. The molecular weight excluding hydrogens is 396 g/mol. The maximum atomic E-state index is 14.0. The molecule has 1 aromatic carbocycles. The molecule has 2 aliphatic rings. The quantitative estimate of drug-likeness (QED) is 0.751. The molecule has 9 heteroatoms. The van der Waals surface area contributed by atoms with Gasteiger partial charge in [0.2, 0.25) is 5.43 Å². The largest absolute Gasteiger partial charge is 0.503 e. The van der Waals surface area contributed by atoms with E-state index in [-0.39, 0.29) is 17.3 Å². The van der Waals surface area contributed by atoms with Gasteiger partial charge in [-0.1, -0.05) is 12.2 Å².